The summed E-state index contributed by atoms with van der Waals surface area (Å²) in [7, 11) is -0.692. The lowest BCUT2D eigenvalue weighted by Crippen LogP contribution is -2.44. The first kappa shape index (κ1) is 21.0. The Labute approximate surface area is 170 Å². The maximum Gasteiger partial charge on any atom is 0.240 e. The summed E-state index contributed by atoms with van der Waals surface area (Å²) in [6, 6.07) is 14.6. The van der Waals surface area contributed by atoms with Gasteiger partial charge >= 0.3 is 0 Å². The van der Waals surface area contributed by atoms with E-state index in [1.807, 2.05) is 30.3 Å². The first-order valence-electron chi connectivity index (χ1n) is 9.01. The second-order valence-electron chi connectivity index (χ2n) is 6.55. The normalized spacial score (nSPS) is 16.5. The zero-order valence-electron chi connectivity index (χ0n) is 16.0. The van der Waals surface area contributed by atoms with Gasteiger partial charge in [0.2, 0.25) is 10.0 Å². The monoisotopic (exact) mass is 423 g/mol. The zero-order valence-corrected chi connectivity index (χ0v) is 17.6. The quantitative estimate of drug-likeness (QED) is 0.702. The van der Waals surface area contributed by atoms with Crippen molar-refractivity contribution in [1.82, 2.24) is 4.72 Å². The molecular weight excluding hydrogens is 398 g/mol. The molecule has 1 fully saturated rings. The maximum absolute atomic E-state index is 12.9. The van der Waals surface area contributed by atoms with E-state index in [1.54, 1.807) is 17.8 Å². The fraction of sp³-hybridized carbons (Fsp3) is 0.400. The SMILES string of the molecule is COc1ccc(S(=O)(=O)NCC2(Sc3ccccc3)CCOCC2)cc1OC. The van der Waals surface area contributed by atoms with Crippen LogP contribution in [0.5, 0.6) is 11.5 Å². The number of benzene rings is 2. The van der Waals surface area contributed by atoms with E-state index < -0.39 is 10.0 Å². The highest BCUT2D eigenvalue weighted by molar-refractivity contribution is 8.00. The van der Waals surface area contributed by atoms with Crippen LogP contribution in [0.4, 0.5) is 0 Å². The standard InChI is InChI=1S/C20H25NO5S2/c1-24-18-9-8-17(14-19(18)25-2)28(22,23)21-15-20(10-12-26-13-11-20)27-16-6-4-3-5-7-16/h3-9,14,21H,10-13,15H2,1-2H3. The van der Waals surface area contributed by atoms with Crippen molar-refractivity contribution >= 4 is 21.8 Å². The van der Waals surface area contributed by atoms with E-state index in [-0.39, 0.29) is 9.64 Å². The molecule has 2 aromatic carbocycles. The largest absolute Gasteiger partial charge is 0.493 e. The third kappa shape index (κ3) is 5.00. The van der Waals surface area contributed by atoms with Crippen LogP contribution in [-0.4, -0.2) is 47.1 Å². The van der Waals surface area contributed by atoms with Crippen molar-refractivity contribution in [2.75, 3.05) is 34.0 Å². The number of nitrogens with one attached hydrogen (secondary N) is 1. The summed E-state index contributed by atoms with van der Waals surface area (Å²) in [6.07, 6.45) is 1.56. The van der Waals surface area contributed by atoms with Gasteiger partial charge in [-0.2, -0.15) is 0 Å². The van der Waals surface area contributed by atoms with Crippen molar-refractivity contribution < 1.29 is 22.6 Å². The van der Waals surface area contributed by atoms with Gasteiger partial charge in [-0.05, 0) is 37.1 Å². The van der Waals surface area contributed by atoms with E-state index in [0.29, 0.717) is 31.3 Å². The highest BCUT2D eigenvalue weighted by atomic mass is 32.2. The Balaban J connectivity index is 1.78. The smallest absolute Gasteiger partial charge is 0.240 e. The van der Waals surface area contributed by atoms with Crippen LogP contribution in [0.1, 0.15) is 12.8 Å². The lowest BCUT2D eigenvalue weighted by Gasteiger charge is -2.36. The molecule has 1 saturated heterocycles. The molecule has 1 aliphatic heterocycles. The molecule has 1 N–H and O–H groups in total. The van der Waals surface area contributed by atoms with Crippen molar-refractivity contribution in [3.8, 4) is 11.5 Å². The highest BCUT2D eigenvalue weighted by Crippen LogP contribution is 2.40. The molecule has 28 heavy (non-hydrogen) atoms. The molecule has 0 aliphatic carbocycles. The molecule has 1 heterocycles. The third-order valence-electron chi connectivity index (χ3n) is 4.73. The van der Waals surface area contributed by atoms with Gasteiger partial charge in [0.15, 0.2) is 11.5 Å². The molecule has 8 heteroatoms. The van der Waals surface area contributed by atoms with Gasteiger partial charge in [-0.15, -0.1) is 11.8 Å². The number of methoxy groups -OCH3 is 2. The van der Waals surface area contributed by atoms with Crippen LogP contribution in [0.15, 0.2) is 58.3 Å². The predicted octanol–water partition coefficient (Wildman–Crippen LogP) is 3.32. The van der Waals surface area contributed by atoms with Crippen molar-refractivity contribution in [1.29, 1.82) is 0 Å². The predicted molar refractivity (Wildman–Crippen MR) is 110 cm³/mol. The van der Waals surface area contributed by atoms with Gasteiger partial charge in [0.25, 0.3) is 0 Å². The van der Waals surface area contributed by atoms with Crippen molar-refractivity contribution in [3.63, 3.8) is 0 Å². The number of hydrogen-bond acceptors (Lipinski definition) is 6. The van der Waals surface area contributed by atoms with Gasteiger partial charge in [0, 0.05) is 35.5 Å². The minimum atomic E-state index is -3.69. The summed E-state index contributed by atoms with van der Waals surface area (Å²) >= 11 is 1.71. The van der Waals surface area contributed by atoms with Crippen LogP contribution in [0.25, 0.3) is 0 Å². The number of rotatable bonds is 8. The topological polar surface area (TPSA) is 73.9 Å². The first-order chi connectivity index (χ1) is 13.5. The van der Waals surface area contributed by atoms with Crippen LogP contribution < -0.4 is 14.2 Å². The Morgan fingerprint density at radius 3 is 2.36 bits per heavy atom. The molecule has 3 rings (SSSR count). The molecule has 0 amide bonds. The van der Waals surface area contributed by atoms with Gasteiger partial charge in [-0.1, -0.05) is 18.2 Å². The van der Waals surface area contributed by atoms with E-state index in [2.05, 4.69) is 4.72 Å². The molecule has 6 nitrogen and oxygen atoms in total. The minimum absolute atomic E-state index is 0.150. The Morgan fingerprint density at radius 2 is 1.71 bits per heavy atom. The Morgan fingerprint density at radius 1 is 1.04 bits per heavy atom. The Hall–Kier alpha value is -1.74. The molecule has 0 atom stereocenters. The van der Waals surface area contributed by atoms with E-state index >= 15 is 0 Å². The molecule has 0 spiro atoms. The second kappa shape index (κ2) is 9.17. The van der Waals surface area contributed by atoms with E-state index in [0.717, 1.165) is 17.7 Å². The average Bonchev–Trinajstić information content (AvgIpc) is 2.73. The molecule has 152 valence electrons. The van der Waals surface area contributed by atoms with Crippen molar-refractivity contribution in [2.45, 2.75) is 27.4 Å². The summed E-state index contributed by atoms with van der Waals surface area (Å²) < 4.78 is 44.3. The lowest BCUT2D eigenvalue weighted by molar-refractivity contribution is 0.0784. The van der Waals surface area contributed by atoms with Crippen LogP contribution in [0.3, 0.4) is 0 Å². The van der Waals surface area contributed by atoms with Crippen LogP contribution >= 0.6 is 11.8 Å². The molecular formula is C20H25NO5S2. The van der Waals surface area contributed by atoms with Crippen LogP contribution in [0.2, 0.25) is 0 Å². The van der Waals surface area contributed by atoms with Gasteiger partial charge in [0.1, 0.15) is 0 Å². The Bertz CT molecular complexity index is 881. The van der Waals surface area contributed by atoms with E-state index in [9.17, 15) is 8.42 Å². The fourth-order valence-corrected chi connectivity index (χ4v) is 5.63. The van der Waals surface area contributed by atoms with Gasteiger partial charge < -0.3 is 14.2 Å². The second-order valence-corrected chi connectivity index (χ2v) is 9.86. The molecule has 0 aromatic heterocycles. The van der Waals surface area contributed by atoms with Crippen molar-refractivity contribution in [2.24, 2.45) is 0 Å². The van der Waals surface area contributed by atoms with E-state index in [4.69, 9.17) is 14.2 Å². The van der Waals surface area contributed by atoms with Gasteiger partial charge in [-0.3, -0.25) is 0 Å². The van der Waals surface area contributed by atoms with Crippen LogP contribution in [0, 0.1) is 0 Å². The fourth-order valence-electron chi connectivity index (χ4n) is 3.09. The summed E-state index contributed by atoms with van der Waals surface area (Å²) in [6.45, 7) is 1.57. The molecule has 0 radical (unpaired) electrons. The van der Waals surface area contributed by atoms with Crippen LogP contribution in [-0.2, 0) is 14.8 Å². The average molecular weight is 424 g/mol. The summed E-state index contributed by atoms with van der Waals surface area (Å²) in [4.78, 5) is 1.27. The van der Waals surface area contributed by atoms with Gasteiger partial charge in [-0.25, -0.2) is 13.1 Å². The molecule has 2 aromatic rings. The van der Waals surface area contributed by atoms with Gasteiger partial charge in [0.05, 0.1) is 19.1 Å². The first-order valence-corrected chi connectivity index (χ1v) is 11.3. The summed E-state index contributed by atoms with van der Waals surface area (Å²) in [5, 5.41) is 0. The summed E-state index contributed by atoms with van der Waals surface area (Å²) in [5.74, 6) is 0.867. The minimum Gasteiger partial charge on any atom is -0.493 e. The molecule has 0 saturated carbocycles. The summed E-state index contributed by atoms with van der Waals surface area (Å²) in [5.41, 5.74) is 0. The molecule has 1 aliphatic rings. The van der Waals surface area contributed by atoms with Crippen molar-refractivity contribution in [3.05, 3.63) is 48.5 Å². The molecule has 0 unspecified atom stereocenters. The lowest BCUT2D eigenvalue weighted by atomic mass is 9.99. The third-order valence-corrected chi connectivity index (χ3v) is 7.62. The van der Waals surface area contributed by atoms with E-state index in [1.165, 1.54) is 26.4 Å². The maximum atomic E-state index is 12.9. The zero-order chi connectivity index (χ0) is 20.0. The number of thioether (sulfide) groups is 1. The Kier molecular flexibility index (Phi) is 6.87. The molecule has 0 bridgehead atoms. The number of sulfonamides is 1. The highest BCUT2D eigenvalue weighted by Gasteiger charge is 2.35. The number of ether oxygens (including phenoxy) is 3. The number of hydrogen-bond donors (Lipinski definition) is 1.